The zero-order valence-electron chi connectivity index (χ0n) is 18.7. The summed E-state index contributed by atoms with van der Waals surface area (Å²) < 4.78 is 5.50. The van der Waals surface area contributed by atoms with Gasteiger partial charge in [0.15, 0.2) is 5.96 Å². The largest absolute Gasteiger partial charge is 0.379 e. The molecule has 8 heteroatoms. The Hall–Kier alpha value is -1.38. The van der Waals surface area contributed by atoms with Gasteiger partial charge in [0.05, 0.1) is 25.7 Å². The highest BCUT2D eigenvalue weighted by Gasteiger charge is 2.24. The number of morpholine rings is 1. The molecule has 29 heavy (non-hydrogen) atoms. The van der Waals surface area contributed by atoms with Crippen molar-refractivity contribution >= 4 is 11.9 Å². The van der Waals surface area contributed by atoms with Gasteiger partial charge in [0.25, 0.3) is 0 Å². The monoisotopic (exact) mass is 410 g/mol. The fourth-order valence-corrected chi connectivity index (χ4v) is 4.18. The van der Waals surface area contributed by atoms with E-state index in [1.165, 1.54) is 0 Å². The first-order chi connectivity index (χ1) is 14.0. The Morgan fingerprint density at radius 2 is 2.00 bits per heavy atom. The number of aliphatic imine (C=N–C) groups is 1. The van der Waals surface area contributed by atoms with Crippen LogP contribution in [0.1, 0.15) is 40.0 Å². The lowest BCUT2D eigenvalue weighted by Gasteiger charge is -2.36. The van der Waals surface area contributed by atoms with E-state index in [0.29, 0.717) is 12.0 Å². The number of carbonyl (C=O) groups excluding carboxylic acids is 1. The predicted molar refractivity (Wildman–Crippen MR) is 118 cm³/mol. The lowest BCUT2D eigenvalue weighted by atomic mass is 9.97. The molecular weight excluding hydrogens is 368 g/mol. The number of carbonyl (C=O) groups is 1. The Labute approximate surface area is 176 Å². The molecule has 0 spiro atoms. The SMILES string of the molecule is CCNC(=NCC(C(C)C)N1CCOCC1)NCCCN1CCCC(C(N)=O)C1. The van der Waals surface area contributed by atoms with E-state index in [9.17, 15) is 4.79 Å². The molecule has 0 radical (unpaired) electrons. The highest BCUT2D eigenvalue weighted by atomic mass is 16.5. The van der Waals surface area contributed by atoms with E-state index in [2.05, 4.69) is 41.2 Å². The molecule has 2 aliphatic rings. The van der Waals surface area contributed by atoms with Gasteiger partial charge in [0.2, 0.25) is 5.91 Å². The summed E-state index contributed by atoms with van der Waals surface area (Å²) in [5.41, 5.74) is 5.48. The van der Waals surface area contributed by atoms with Crippen molar-refractivity contribution in [3.8, 4) is 0 Å². The second-order valence-electron chi connectivity index (χ2n) is 8.50. The maximum Gasteiger partial charge on any atom is 0.221 e. The molecule has 0 aliphatic carbocycles. The topological polar surface area (TPSA) is 95.2 Å². The summed E-state index contributed by atoms with van der Waals surface area (Å²) in [5.74, 6) is 1.30. The number of primary amides is 1. The first kappa shape index (κ1) is 23.9. The second kappa shape index (κ2) is 13.0. The maximum absolute atomic E-state index is 11.4. The van der Waals surface area contributed by atoms with E-state index in [1.807, 2.05) is 0 Å². The second-order valence-corrected chi connectivity index (χ2v) is 8.50. The Morgan fingerprint density at radius 3 is 2.66 bits per heavy atom. The highest BCUT2D eigenvalue weighted by molar-refractivity contribution is 5.79. The number of nitrogens with two attached hydrogens (primary N) is 1. The summed E-state index contributed by atoms with van der Waals surface area (Å²) in [7, 11) is 0. The lowest BCUT2D eigenvalue weighted by Crippen LogP contribution is -2.48. The maximum atomic E-state index is 11.4. The number of amides is 1. The van der Waals surface area contributed by atoms with Gasteiger partial charge in [-0.1, -0.05) is 13.8 Å². The van der Waals surface area contributed by atoms with Gasteiger partial charge in [-0.15, -0.1) is 0 Å². The van der Waals surface area contributed by atoms with Crippen molar-refractivity contribution in [1.29, 1.82) is 0 Å². The molecule has 2 heterocycles. The molecule has 8 nitrogen and oxygen atoms in total. The average molecular weight is 411 g/mol. The molecule has 168 valence electrons. The molecule has 2 aliphatic heterocycles. The summed E-state index contributed by atoms with van der Waals surface area (Å²) in [5, 5.41) is 6.83. The van der Waals surface area contributed by atoms with Crippen LogP contribution in [-0.4, -0.2) is 93.3 Å². The summed E-state index contributed by atoms with van der Waals surface area (Å²) in [6.07, 6.45) is 3.01. The third kappa shape index (κ3) is 8.48. The van der Waals surface area contributed by atoms with E-state index in [-0.39, 0.29) is 11.8 Å². The number of hydrogen-bond donors (Lipinski definition) is 3. The Kier molecular flexibility index (Phi) is 10.7. The van der Waals surface area contributed by atoms with E-state index in [1.54, 1.807) is 0 Å². The predicted octanol–water partition coefficient (Wildman–Crippen LogP) is 0.486. The molecule has 0 aromatic heterocycles. The molecule has 2 rings (SSSR count). The zero-order valence-corrected chi connectivity index (χ0v) is 18.7. The molecule has 4 N–H and O–H groups in total. The molecule has 0 saturated carbocycles. The Balaban J connectivity index is 1.76. The summed E-state index contributed by atoms with van der Waals surface area (Å²) in [6, 6.07) is 0.438. The van der Waals surface area contributed by atoms with Gasteiger partial charge in [-0.3, -0.25) is 14.7 Å². The van der Waals surface area contributed by atoms with Crippen molar-refractivity contribution in [1.82, 2.24) is 20.4 Å². The standard InChI is InChI=1S/C21H42N6O2/c1-4-23-21(25-15-19(17(2)3)27-11-13-29-14-12-27)24-8-6-10-26-9-5-7-18(16-26)20(22)28/h17-19H,4-16H2,1-3H3,(H2,22,28)(H2,23,24,25). The molecular formula is C21H42N6O2. The number of rotatable bonds is 10. The van der Waals surface area contributed by atoms with Gasteiger partial charge in [-0.25, -0.2) is 0 Å². The van der Waals surface area contributed by atoms with Crippen LogP contribution in [0.15, 0.2) is 4.99 Å². The minimum Gasteiger partial charge on any atom is -0.379 e. The molecule has 2 saturated heterocycles. The molecule has 1 amide bonds. The minimum absolute atomic E-state index is 0.0174. The first-order valence-corrected chi connectivity index (χ1v) is 11.4. The third-order valence-corrected chi connectivity index (χ3v) is 5.92. The molecule has 2 fully saturated rings. The van der Waals surface area contributed by atoms with Crippen LogP contribution in [0.25, 0.3) is 0 Å². The fourth-order valence-electron chi connectivity index (χ4n) is 4.18. The van der Waals surface area contributed by atoms with Crippen LogP contribution in [0, 0.1) is 11.8 Å². The average Bonchev–Trinajstić information content (AvgIpc) is 2.72. The van der Waals surface area contributed by atoms with E-state index in [4.69, 9.17) is 15.5 Å². The van der Waals surface area contributed by atoms with Crippen molar-refractivity contribution in [3.05, 3.63) is 0 Å². The normalized spacial score (nSPS) is 23.2. The molecule has 0 aromatic carbocycles. The highest BCUT2D eigenvalue weighted by Crippen LogP contribution is 2.16. The zero-order chi connectivity index (χ0) is 21.1. The molecule has 0 aromatic rings. The molecule has 2 atom stereocenters. The van der Waals surface area contributed by atoms with Crippen molar-refractivity contribution in [2.24, 2.45) is 22.6 Å². The lowest BCUT2D eigenvalue weighted by molar-refractivity contribution is -0.123. The van der Waals surface area contributed by atoms with E-state index < -0.39 is 0 Å². The number of likely N-dealkylation sites (tertiary alicyclic amines) is 1. The number of guanidine groups is 1. The summed E-state index contributed by atoms with van der Waals surface area (Å²) in [4.78, 5) is 21.2. The van der Waals surface area contributed by atoms with Crippen LogP contribution >= 0.6 is 0 Å². The Bertz CT molecular complexity index is 507. The number of nitrogens with zero attached hydrogens (tertiary/aromatic N) is 3. The van der Waals surface area contributed by atoms with Gasteiger partial charge >= 0.3 is 0 Å². The van der Waals surface area contributed by atoms with Gasteiger partial charge < -0.3 is 26.0 Å². The third-order valence-electron chi connectivity index (χ3n) is 5.92. The van der Waals surface area contributed by atoms with E-state index in [0.717, 1.165) is 90.8 Å². The Morgan fingerprint density at radius 1 is 1.24 bits per heavy atom. The molecule has 0 bridgehead atoms. The number of ether oxygens (including phenoxy) is 1. The smallest absolute Gasteiger partial charge is 0.221 e. The van der Waals surface area contributed by atoms with Gasteiger partial charge in [-0.05, 0) is 45.2 Å². The van der Waals surface area contributed by atoms with Crippen LogP contribution in [0.5, 0.6) is 0 Å². The van der Waals surface area contributed by atoms with Crippen LogP contribution in [0.3, 0.4) is 0 Å². The van der Waals surface area contributed by atoms with Crippen molar-refractivity contribution in [2.45, 2.75) is 46.1 Å². The van der Waals surface area contributed by atoms with Gasteiger partial charge in [0.1, 0.15) is 0 Å². The number of hydrogen-bond acceptors (Lipinski definition) is 5. The van der Waals surface area contributed by atoms with Crippen LogP contribution in [0.2, 0.25) is 0 Å². The number of nitrogens with one attached hydrogen (secondary N) is 2. The van der Waals surface area contributed by atoms with Gasteiger partial charge in [-0.2, -0.15) is 0 Å². The minimum atomic E-state index is -0.158. The van der Waals surface area contributed by atoms with E-state index >= 15 is 0 Å². The van der Waals surface area contributed by atoms with Crippen molar-refractivity contribution in [2.75, 3.05) is 65.6 Å². The fraction of sp³-hybridized carbons (Fsp3) is 0.905. The van der Waals surface area contributed by atoms with Gasteiger partial charge in [0, 0.05) is 38.8 Å². The van der Waals surface area contributed by atoms with Crippen LogP contribution in [-0.2, 0) is 9.53 Å². The van der Waals surface area contributed by atoms with Crippen LogP contribution in [0.4, 0.5) is 0 Å². The van der Waals surface area contributed by atoms with Crippen molar-refractivity contribution < 1.29 is 9.53 Å². The number of piperidine rings is 1. The van der Waals surface area contributed by atoms with Crippen molar-refractivity contribution in [3.63, 3.8) is 0 Å². The summed E-state index contributed by atoms with van der Waals surface area (Å²) >= 11 is 0. The van der Waals surface area contributed by atoms with Crippen LogP contribution < -0.4 is 16.4 Å². The first-order valence-electron chi connectivity index (χ1n) is 11.4. The summed E-state index contributed by atoms with van der Waals surface area (Å²) in [6.45, 7) is 15.6. The quantitative estimate of drug-likeness (QED) is 0.276. The molecule has 2 unspecified atom stereocenters.